The van der Waals surface area contributed by atoms with Crippen molar-refractivity contribution >= 4 is 17.4 Å². The van der Waals surface area contributed by atoms with Gasteiger partial charge in [-0.25, -0.2) is 9.97 Å². The highest BCUT2D eigenvalue weighted by Crippen LogP contribution is 2.28. The van der Waals surface area contributed by atoms with E-state index in [4.69, 9.17) is 16.6 Å². The third-order valence-corrected chi connectivity index (χ3v) is 4.44. The molecule has 20 heavy (non-hydrogen) atoms. The van der Waals surface area contributed by atoms with Gasteiger partial charge in [-0.2, -0.15) is 0 Å². The fraction of sp³-hybridized carbons (Fsp3) is 0.733. The molecule has 0 aromatic carbocycles. The Kier molecular flexibility index (Phi) is 4.86. The maximum atomic E-state index is 6.29. The Hall–Kier alpha value is -0.870. The van der Waals surface area contributed by atoms with Gasteiger partial charge in [-0.1, -0.05) is 25.4 Å². The molecule has 1 aliphatic rings. The summed E-state index contributed by atoms with van der Waals surface area (Å²) in [6.07, 6.45) is 2.44. The Morgan fingerprint density at radius 1 is 1.35 bits per heavy atom. The van der Waals surface area contributed by atoms with Crippen LogP contribution in [0.5, 0.6) is 0 Å². The van der Waals surface area contributed by atoms with Gasteiger partial charge < -0.3 is 9.80 Å². The Balaban J connectivity index is 2.30. The highest BCUT2D eigenvalue weighted by atomic mass is 35.5. The van der Waals surface area contributed by atoms with E-state index in [0.717, 1.165) is 23.8 Å². The Labute approximate surface area is 127 Å². The summed E-state index contributed by atoms with van der Waals surface area (Å²) in [6.45, 7) is 8.46. The van der Waals surface area contributed by atoms with Gasteiger partial charge in [-0.15, -0.1) is 0 Å². The van der Waals surface area contributed by atoms with Crippen molar-refractivity contribution in [2.75, 3.05) is 32.1 Å². The topological polar surface area (TPSA) is 32.3 Å². The molecule has 0 saturated carbocycles. The zero-order valence-corrected chi connectivity index (χ0v) is 13.9. The first-order valence-electron chi connectivity index (χ1n) is 7.35. The summed E-state index contributed by atoms with van der Waals surface area (Å²) >= 11 is 6.29. The molecule has 0 radical (unpaired) electrons. The summed E-state index contributed by atoms with van der Waals surface area (Å²) in [4.78, 5) is 13.8. The summed E-state index contributed by atoms with van der Waals surface area (Å²) in [5, 5.41) is 0.578. The molecular weight excluding hydrogens is 272 g/mol. The van der Waals surface area contributed by atoms with Gasteiger partial charge in [0.25, 0.3) is 0 Å². The van der Waals surface area contributed by atoms with Gasteiger partial charge in [0.1, 0.15) is 16.8 Å². The zero-order valence-electron chi connectivity index (χ0n) is 13.1. The van der Waals surface area contributed by atoms with E-state index in [1.165, 1.54) is 19.4 Å². The molecule has 1 atom stereocenters. The fourth-order valence-electron chi connectivity index (χ4n) is 2.72. The molecule has 1 unspecified atom stereocenters. The van der Waals surface area contributed by atoms with Crippen LogP contribution in [0.25, 0.3) is 0 Å². The minimum Gasteiger partial charge on any atom is -0.355 e. The standard InChI is InChI=1S/C15H25ClN4/c1-10(2)14-17-13(16)11(3)15(18-14)20(5)12-7-6-8-19(4)9-12/h10,12H,6-9H2,1-5H3. The molecule has 5 heteroatoms. The van der Waals surface area contributed by atoms with E-state index in [1.807, 2.05) is 6.92 Å². The highest BCUT2D eigenvalue weighted by molar-refractivity contribution is 6.30. The number of hydrogen-bond donors (Lipinski definition) is 0. The molecule has 4 nitrogen and oxygen atoms in total. The molecule has 1 aliphatic heterocycles. The van der Waals surface area contributed by atoms with Crippen molar-refractivity contribution in [3.8, 4) is 0 Å². The fourth-order valence-corrected chi connectivity index (χ4v) is 2.89. The van der Waals surface area contributed by atoms with Crippen LogP contribution in [0, 0.1) is 6.92 Å². The average Bonchev–Trinajstić information content (AvgIpc) is 2.40. The maximum absolute atomic E-state index is 6.29. The second-order valence-corrected chi connectivity index (χ2v) is 6.50. The molecule has 2 rings (SSSR count). The number of nitrogens with zero attached hydrogens (tertiary/aromatic N) is 4. The van der Waals surface area contributed by atoms with E-state index in [2.05, 4.69) is 42.7 Å². The first-order valence-corrected chi connectivity index (χ1v) is 7.73. The van der Waals surface area contributed by atoms with E-state index in [-0.39, 0.29) is 5.92 Å². The lowest BCUT2D eigenvalue weighted by Gasteiger charge is -2.37. The Morgan fingerprint density at radius 2 is 2.05 bits per heavy atom. The van der Waals surface area contributed by atoms with Crippen LogP contribution in [0.4, 0.5) is 5.82 Å². The quantitative estimate of drug-likeness (QED) is 0.802. The molecule has 1 aromatic rings. The predicted octanol–water partition coefficient (Wildman–Crippen LogP) is 3.09. The minimum atomic E-state index is 0.286. The van der Waals surface area contributed by atoms with Gasteiger partial charge in [-0.3, -0.25) is 0 Å². The molecule has 0 amide bonds. The summed E-state index contributed by atoms with van der Waals surface area (Å²) < 4.78 is 0. The summed E-state index contributed by atoms with van der Waals surface area (Å²) in [5.74, 6) is 2.09. The Morgan fingerprint density at radius 3 is 2.65 bits per heavy atom. The number of piperidine rings is 1. The van der Waals surface area contributed by atoms with Gasteiger partial charge in [-0.05, 0) is 33.4 Å². The first-order chi connectivity index (χ1) is 9.40. The van der Waals surface area contributed by atoms with Crippen molar-refractivity contribution in [3.63, 3.8) is 0 Å². The highest BCUT2D eigenvalue weighted by Gasteiger charge is 2.24. The van der Waals surface area contributed by atoms with E-state index in [9.17, 15) is 0 Å². The largest absolute Gasteiger partial charge is 0.355 e. The minimum absolute atomic E-state index is 0.286. The van der Waals surface area contributed by atoms with Crippen LogP contribution in [0.15, 0.2) is 0 Å². The van der Waals surface area contributed by atoms with Crippen LogP contribution in [0.1, 0.15) is 44.0 Å². The number of aromatic nitrogens is 2. The number of likely N-dealkylation sites (N-methyl/N-ethyl adjacent to an activating group) is 2. The second kappa shape index (κ2) is 6.27. The van der Waals surface area contributed by atoms with Gasteiger partial charge >= 0.3 is 0 Å². The van der Waals surface area contributed by atoms with Crippen molar-refractivity contribution < 1.29 is 0 Å². The van der Waals surface area contributed by atoms with Gasteiger partial charge in [0.05, 0.1) is 0 Å². The number of rotatable bonds is 3. The van der Waals surface area contributed by atoms with Crippen LogP contribution in [-0.2, 0) is 0 Å². The van der Waals surface area contributed by atoms with Crippen molar-refractivity contribution in [2.45, 2.75) is 45.6 Å². The maximum Gasteiger partial charge on any atom is 0.137 e. The third kappa shape index (κ3) is 3.23. The molecule has 0 aliphatic carbocycles. The molecule has 0 bridgehead atoms. The van der Waals surface area contributed by atoms with Crippen molar-refractivity contribution in [1.82, 2.24) is 14.9 Å². The lowest BCUT2D eigenvalue weighted by molar-refractivity contribution is 0.247. The number of anilines is 1. The SMILES string of the molecule is Cc1c(Cl)nc(C(C)C)nc1N(C)C1CCCN(C)C1. The molecule has 0 N–H and O–H groups in total. The molecule has 0 spiro atoms. The Bertz CT molecular complexity index is 475. The molecule has 1 fully saturated rings. The van der Waals surface area contributed by atoms with Crippen LogP contribution in [0.3, 0.4) is 0 Å². The average molecular weight is 297 g/mol. The van der Waals surface area contributed by atoms with Crippen LogP contribution < -0.4 is 4.90 Å². The smallest absolute Gasteiger partial charge is 0.137 e. The summed E-state index contributed by atoms with van der Waals surface area (Å²) in [7, 11) is 4.30. The van der Waals surface area contributed by atoms with E-state index < -0.39 is 0 Å². The lowest BCUT2D eigenvalue weighted by atomic mass is 10.0. The van der Waals surface area contributed by atoms with Gasteiger partial charge in [0, 0.05) is 31.1 Å². The lowest BCUT2D eigenvalue weighted by Crippen LogP contribution is -2.45. The first kappa shape index (κ1) is 15.5. The normalized spacial score (nSPS) is 20.4. The molecular formula is C15H25ClN4. The predicted molar refractivity (Wildman–Crippen MR) is 84.8 cm³/mol. The van der Waals surface area contributed by atoms with E-state index in [0.29, 0.717) is 11.2 Å². The monoisotopic (exact) mass is 296 g/mol. The second-order valence-electron chi connectivity index (χ2n) is 6.15. The van der Waals surface area contributed by atoms with E-state index >= 15 is 0 Å². The van der Waals surface area contributed by atoms with E-state index in [1.54, 1.807) is 0 Å². The molecule has 1 aromatic heterocycles. The summed E-state index contributed by atoms with van der Waals surface area (Å²) in [5.41, 5.74) is 0.979. The van der Waals surface area contributed by atoms with Crippen LogP contribution in [0.2, 0.25) is 5.15 Å². The van der Waals surface area contributed by atoms with Gasteiger partial charge in [0.2, 0.25) is 0 Å². The summed E-state index contributed by atoms with van der Waals surface area (Å²) in [6, 6.07) is 0.499. The zero-order chi connectivity index (χ0) is 14.9. The van der Waals surface area contributed by atoms with Crippen molar-refractivity contribution in [3.05, 3.63) is 16.5 Å². The number of halogens is 1. The van der Waals surface area contributed by atoms with Gasteiger partial charge in [0.15, 0.2) is 0 Å². The number of hydrogen-bond acceptors (Lipinski definition) is 4. The van der Waals surface area contributed by atoms with Crippen molar-refractivity contribution in [2.24, 2.45) is 0 Å². The molecule has 112 valence electrons. The molecule has 1 saturated heterocycles. The van der Waals surface area contributed by atoms with Crippen LogP contribution in [-0.4, -0.2) is 48.1 Å². The number of likely N-dealkylation sites (tertiary alicyclic amines) is 1. The van der Waals surface area contributed by atoms with Crippen LogP contribution >= 0.6 is 11.6 Å². The van der Waals surface area contributed by atoms with Crippen molar-refractivity contribution in [1.29, 1.82) is 0 Å². The molecule has 2 heterocycles. The third-order valence-electron chi connectivity index (χ3n) is 4.08.